The highest BCUT2D eigenvalue weighted by Crippen LogP contribution is 2.32. The fourth-order valence-corrected chi connectivity index (χ4v) is 5.97. The number of aliphatic hydroxyl groups is 1. The van der Waals surface area contributed by atoms with Crippen molar-refractivity contribution in [3.05, 3.63) is 45.7 Å². The van der Waals surface area contributed by atoms with E-state index >= 15 is 0 Å². The van der Waals surface area contributed by atoms with Gasteiger partial charge in [0, 0.05) is 42.3 Å². The smallest absolute Gasteiger partial charge is 0.190 e. The molecule has 2 aliphatic heterocycles. The molecule has 0 radical (unpaired) electrons. The Hall–Kier alpha value is -2.15. The van der Waals surface area contributed by atoms with Crippen molar-refractivity contribution < 1.29 is 5.11 Å². The van der Waals surface area contributed by atoms with Crippen molar-refractivity contribution in [1.29, 1.82) is 5.26 Å². The van der Waals surface area contributed by atoms with Crippen LogP contribution in [0.1, 0.15) is 49.9 Å². The Morgan fingerprint density at radius 3 is 2.67 bits per heavy atom. The van der Waals surface area contributed by atoms with E-state index in [1.54, 1.807) is 23.0 Å². The first-order chi connectivity index (χ1) is 17.0. The standard InChI is InChI=1S/C25H29Cl2N7O.ClH/c1-16(20-5-4-18(26)11-21(20)27)34-25-24(22(12-28)31-34)29-13-23(30-25)32-9-6-19(7-10-32)33-8-2-3-17(14-33)15-35;/h4-5,11,13,16-17,19,35H,2-3,6-10,14-15H2,1H3;1H/t16-,17?;/m1./s1. The van der Waals surface area contributed by atoms with Crippen LogP contribution in [0.15, 0.2) is 24.4 Å². The van der Waals surface area contributed by atoms with Gasteiger partial charge in [-0.3, -0.25) is 4.90 Å². The van der Waals surface area contributed by atoms with Gasteiger partial charge in [0.2, 0.25) is 0 Å². The molecule has 192 valence electrons. The van der Waals surface area contributed by atoms with Crippen LogP contribution in [-0.4, -0.2) is 68.6 Å². The number of hydrogen-bond donors (Lipinski definition) is 1. The summed E-state index contributed by atoms with van der Waals surface area (Å²) < 4.78 is 1.73. The van der Waals surface area contributed by atoms with Crippen molar-refractivity contribution in [2.45, 2.75) is 44.7 Å². The summed E-state index contributed by atoms with van der Waals surface area (Å²) in [5.74, 6) is 1.20. The second kappa shape index (κ2) is 11.5. The molecule has 1 unspecified atom stereocenters. The molecule has 3 aromatic rings. The fourth-order valence-electron chi connectivity index (χ4n) is 5.41. The molecule has 2 fully saturated rings. The topological polar surface area (TPSA) is 94.1 Å². The number of aromatic nitrogens is 4. The highest BCUT2D eigenvalue weighted by Gasteiger charge is 2.30. The number of fused-ring (bicyclic) bond motifs is 1. The molecule has 36 heavy (non-hydrogen) atoms. The van der Waals surface area contributed by atoms with Crippen LogP contribution >= 0.6 is 35.6 Å². The molecule has 2 saturated heterocycles. The highest BCUT2D eigenvalue weighted by molar-refractivity contribution is 6.35. The van der Waals surface area contributed by atoms with Gasteiger partial charge in [0.15, 0.2) is 11.3 Å². The lowest BCUT2D eigenvalue weighted by Crippen LogP contribution is -2.49. The summed E-state index contributed by atoms with van der Waals surface area (Å²) in [7, 11) is 0. The summed E-state index contributed by atoms with van der Waals surface area (Å²) >= 11 is 12.5. The van der Waals surface area contributed by atoms with Crippen LogP contribution in [0.2, 0.25) is 10.0 Å². The average molecular weight is 551 g/mol. The lowest BCUT2D eigenvalue weighted by molar-refractivity contribution is 0.0777. The summed E-state index contributed by atoms with van der Waals surface area (Å²) in [6.45, 7) is 6.15. The van der Waals surface area contributed by atoms with Crippen LogP contribution in [0.25, 0.3) is 11.2 Å². The van der Waals surface area contributed by atoms with Crippen LogP contribution in [0.5, 0.6) is 0 Å². The van der Waals surface area contributed by atoms with Crippen molar-refractivity contribution in [3.8, 4) is 6.07 Å². The first-order valence-corrected chi connectivity index (χ1v) is 12.9. The predicted molar refractivity (Wildman–Crippen MR) is 144 cm³/mol. The molecule has 2 aromatic heterocycles. The predicted octanol–water partition coefficient (Wildman–Crippen LogP) is 4.71. The van der Waals surface area contributed by atoms with Crippen molar-refractivity contribution in [1.82, 2.24) is 24.6 Å². The summed E-state index contributed by atoms with van der Waals surface area (Å²) in [5, 5.41) is 24.8. The molecular weight excluding hydrogens is 521 g/mol. The maximum absolute atomic E-state index is 9.63. The average Bonchev–Trinajstić information content (AvgIpc) is 3.26. The highest BCUT2D eigenvalue weighted by atomic mass is 35.5. The molecule has 0 aliphatic carbocycles. The number of anilines is 1. The third-order valence-corrected chi connectivity index (χ3v) is 7.95. The number of benzene rings is 1. The lowest BCUT2D eigenvalue weighted by atomic mass is 9.94. The lowest BCUT2D eigenvalue weighted by Gasteiger charge is -2.42. The molecule has 2 atom stereocenters. The van der Waals surface area contributed by atoms with Gasteiger partial charge in [0.05, 0.1) is 12.2 Å². The van der Waals surface area contributed by atoms with E-state index in [2.05, 4.69) is 26.0 Å². The van der Waals surface area contributed by atoms with E-state index < -0.39 is 0 Å². The first-order valence-electron chi connectivity index (χ1n) is 12.2. The maximum atomic E-state index is 9.63. The molecule has 5 rings (SSSR count). The normalized spacial score (nSPS) is 20.2. The molecule has 1 aromatic carbocycles. The van der Waals surface area contributed by atoms with E-state index in [0.717, 1.165) is 63.2 Å². The van der Waals surface area contributed by atoms with E-state index in [1.807, 2.05) is 13.0 Å². The number of piperidine rings is 2. The Morgan fingerprint density at radius 2 is 1.97 bits per heavy atom. The minimum Gasteiger partial charge on any atom is -0.396 e. The summed E-state index contributed by atoms with van der Waals surface area (Å²) in [6, 6.07) is 7.81. The van der Waals surface area contributed by atoms with Crippen molar-refractivity contribution in [2.24, 2.45) is 5.92 Å². The van der Waals surface area contributed by atoms with Crippen LogP contribution in [-0.2, 0) is 0 Å². The third kappa shape index (κ3) is 5.27. The summed E-state index contributed by atoms with van der Waals surface area (Å²) in [5.41, 5.74) is 2.16. The van der Waals surface area contributed by atoms with Crippen molar-refractivity contribution in [2.75, 3.05) is 37.7 Å². The van der Waals surface area contributed by atoms with Gasteiger partial charge >= 0.3 is 0 Å². The van der Waals surface area contributed by atoms with Gasteiger partial charge < -0.3 is 10.0 Å². The monoisotopic (exact) mass is 549 g/mol. The number of nitriles is 1. The van der Waals surface area contributed by atoms with E-state index in [1.165, 1.54) is 0 Å². The molecule has 2 aliphatic rings. The largest absolute Gasteiger partial charge is 0.396 e. The molecule has 0 saturated carbocycles. The van der Waals surface area contributed by atoms with E-state index in [0.29, 0.717) is 33.2 Å². The Kier molecular flexibility index (Phi) is 8.59. The van der Waals surface area contributed by atoms with Crippen LogP contribution in [0, 0.1) is 17.2 Å². The van der Waals surface area contributed by atoms with Gasteiger partial charge in [-0.15, -0.1) is 12.4 Å². The van der Waals surface area contributed by atoms with Crippen LogP contribution < -0.4 is 4.90 Å². The van der Waals surface area contributed by atoms with Gasteiger partial charge in [0.1, 0.15) is 17.4 Å². The molecular formula is C25H30Cl3N7O. The Bertz CT molecular complexity index is 1250. The molecule has 11 heteroatoms. The van der Waals surface area contributed by atoms with E-state index in [-0.39, 0.29) is 30.7 Å². The van der Waals surface area contributed by atoms with Gasteiger partial charge in [0.25, 0.3) is 0 Å². The van der Waals surface area contributed by atoms with Gasteiger partial charge in [-0.05, 0) is 62.8 Å². The van der Waals surface area contributed by atoms with E-state index in [9.17, 15) is 10.4 Å². The zero-order chi connectivity index (χ0) is 24.5. The number of nitrogens with zero attached hydrogens (tertiary/aromatic N) is 7. The van der Waals surface area contributed by atoms with Crippen molar-refractivity contribution >= 4 is 52.6 Å². The minimum atomic E-state index is -0.252. The number of aliphatic hydroxyl groups excluding tert-OH is 1. The third-order valence-electron chi connectivity index (χ3n) is 7.39. The number of halogens is 3. The molecule has 0 spiro atoms. The Morgan fingerprint density at radius 1 is 1.19 bits per heavy atom. The summed E-state index contributed by atoms with van der Waals surface area (Å²) in [6.07, 6.45) is 6.14. The van der Waals surface area contributed by atoms with Crippen molar-refractivity contribution in [3.63, 3.8) is 0 Å². The first kappa shape index (κ1) is 26.9. The number of hydrogen-bond acceptors (Lipinski definition) is 7. The molecule has 4 heterocycles. The number of rotatable bonds is 5. The second-order valence-corrected chi connectivity index (χ2v) is 10.4. The van der Waals surface area contributed by atoms with Gasteiger partial charge in [-0.2, -0.15) is 10.4 Å². The number of likely N-dealkylation sites (tertiary alicyclic amines) is 1. The van der Waals surface area contributed by atoms with Crippen LogP contribution in [0.4, 0.5) is 5.82 Å². The SMILES string of the molecule is C[C@H](c1ccc(Cl)cc1Cl)n1nc(C#N)c2ncc(N3CCC(N4CCCC(CO)C4)CC3)nc21.Cl. The molecule has 1 N–H and O–H groups in total. The quantitative estimate of drug-likeness (QED) is 0.492. The molecule has 8 nitrogen and oxygen atoms in total. The summed E-state index contributed by atoms with van der Waals surface area (Å²) in [4.78, 5) is 14.3. The maximum Gasteiger partial charge on any atom is 0.190 e. The molecule has 0 bridgehead atoms. The van der Waals surface area contributed by atoms with Gasteiger partial charge in [-0.1, -0.05) is 29.3 Å². The Balaban J connectivity index is 0.00000304. The van der Waals surface area contributed by atoms with Crippen LogP contribution in [0.3, 0.4) is 0 Å². The Labute approximate surface area is 227 Å². The fraction of sp³-hybridized carbons (Fsp3) is 0.520. The van der Waals surface area contributed by atoms with Gasteiger partial charge in [-0.25, -0.2) is 14.6 Å². The second-order valence-electron chi connectivity index (χ2n) is 9.55. The minimum absolute atomic E-state index is 0. The molecule has 0 amide bonds. The zero-order valence-corrected chi connectivity index (χ0v) is 22.5. The zero-order valence-electron chi connectivity index (χ0n) is 20.1. The van der Waals surface area contributed by atoms with E-state index in [4.69, 9.17) is 28.2 Å².